The number of hydrogen-bond donors (Lipinski definition) is 1. The third-order valence-electron chi connectivity index (χ3n) is 2.15. The van der Waals surface area contributed by atoms with Crippen molar-refractivity contribution in [3.8, 4) is 0 Å². The number of methoxy groups -OCH3 is 1. The summed E-state index contributed by atoms with van der Waals surface area (Å²) in [6.07, 6.45) is 1.28. The summed E-state index contributed by atoms with van der Waals surface area (Å²) in [7, 11) is 1.62. The second kappa shape index (κ2) is 4.07. The van der Waals surface area contributed by atoms with Crippen LogP contribution in [0.1, 0.15) is 19.8 Å². The van der Waals surface area contributed by atoms with Crippen molar-refractivity contribution >= 4 is 5.91 Å². The van der Waals surface area contributed by atoms with Crippen molar-refractivity contribution in [2.45, 2.75) is 25.4 Å². The molecule has 76 valence electrons. The van der Waals surface area contributed by atoms with Gasteiger partial charge >= 0.3 is 0 Å². The fourth-order valence-corrected chi connectivity index (χ4v) is 1.48. The predicted molar refractivity (Wildman–Crippen MR) is 48.3 cm³/mol. The number of amides is 1. The van der Waals surface area contributed by atoms with Crippen LogP contribution in [0.25, 0.3) is 0 Å². The van der Waals surface area contributed by atoms with E-state index < -0.39 is 5.60 Å². The number of nitrogens with zero attached hydrogens (tertiary/aromatic N) is 1. The highest BCUT2D eigenvalue weighted by Crippen LogP contribution is 2.20. The number of rotatable bonds is 4. The zero-order chi connectivity index (χ0) is 9.90. The Labute approximate surface area is 78.5 Å². The minimum absolute atomic E-state index is 0.114. The zero-order valence-corrected chi connectivity index (χ0v) is 8.25. The lowest BCUT2D eigenvalue weighted by Crippen LogP contribution is -2.61. The molecule has 1 N–H and O–H groups in total. The predicted octanol–water partition coefficient (Wildman–Crippen LogP) is 0.00620. The molecule has 4 nitrogen and oxygen atoms in total. The number of ether oxygens (including phenoxy) is 1. The highest BCUT2D eigenvalue weighted by atomic mass is 16.5. The van der Waals surface area contributed by atoms with E-state index in [9.17, 15) is 9.90 Å². The second-order valence-electron chi connectivity index (χ2n) is 3.84. The Kier molecular flexibility index (Phi) is 3.27. The Balaban J connectivity index is 2.12. The third kappa shape index (κ3) is 2.97. The Bertz CT molecular complexity index is 183. The van der Waals surface area contributed by atoms with Crippen molar-refractivity contribution in [3.05, 3.63) is 0 Å². The number of carbonyl (C=O) groups excluding carboxylic acids is 1. The highest BCUT2D eigenvalue weighted by molar-refractivity contribution is 5.77. The van der Waals surface area contributed by atoms with Crippen LogP contribution in [0.15, 0.2) is 0 Å². The number of hydrogen-bond acceptors (Lipinski definition) is 3. The Morgan fingerprint density at radius 2 is 2.23 bits per heavy atom. The molecule has 0 unspecified atom stereocenters. The quantitative estimate of drug-likeness (QED) is 0.630. The van der Waals surface area contributed by atoms with Crippen molar-refractivity contribution in [1.29, 1.82) is 0 Å². The highest BCUT2D eigenvalue weighted by Gasteiger charge is 2.38. The number of β-amino-alcohol motifs (C(OH)–C–C–N with tert-alkyl or cyclic N) is 1. The number of aliphatic hydroxyl groups is 1. The van der Waals surface area contributed by atoms with Crippen LogP contribution in [0.4, 0.5) is 0 Å². The number of likely N-dealkylation sites (tertiary alicyclic amines) is 1. The third-order valence-corrected chi connectivity index (χ3v) is 2.15. The van der Waals surface area contributed by atoms with E-state index in [1.807, 2.05) is 0 Å². The molecule has 0 spiro atoms. The van der Waals surface area contributed by atoms with Crippen molar-refractivity contribution in [2.24, 2.45) is 0 Å². The maximum absolute atomic E-state index is 11.3. The van der Waals surface area contributed by atoms with Crippen LogP contribution in [-0.2, 0) is 9.53 Å². The summed E-state index contributed by atoms with van der Waals surface area (Å²) < 4.78 is 4.84. The first kappa shape index (κ1) is 10.5. The van der Waals surface area contributed by atoms with Gasteiger partial charge in [0.2, 0.25) is 5.91 Å². The molecule has 1 fully saturated rings. The summed E-state index contributed by atoms with van der Waals surface area (Å²) in [4.78, 5) is 13.0. The van der Waals surface area contributed by atoms with Gasteiger partial charge in [-0.05, 0) is 13.3 Å². The van der Waals surface area contributed by atoms with E-state index in [-0.39, 0.29) is 5.91 Å². The molecule has 1 rings (SSSR count). The van der Waals surface area contributed by atoms with E-state index in [0.29, 0.717) is 26.1 Å². The fraction of sp³-hybridized carbons (Fsp3) is 0.889. The molecule has 0 bridgehead atoms. The fourth-order valence-electron chi connectivity index (χ4n) is 1.48. The molecule has 0 aromatic heterocycles. The van der Waals surface area contributed by atoms with Gasteiger partial charge in [-0.1, -0.05) is 0 Å². The Morgan fingerprint density at radius 3 is 2.69 bits per heavy atom. The van der Waals surface area contributed by atoms with Gasteiger partial charge in [-0.3, -0.25) is 4.79 Å². The molecular weight excluding hydrogens is 170 g/mol. The summed E-state index contributed by atoms with van der Waals surface area (Å²) in [6, 6.07) is 0. The molecule has 0 aromatic carbocycles. The van der Waals surface area contributed by atoms with E-state index in [1.54, 1.807) is 18.9 Å². The van der Waals surface area contributed by atoms with Crippen LogP contribution >= 0.6 is 0 Å². The van der Waals surface area contributed by atoms with Gasteiger partial charge in [0, 0.05) is 20.1 Å². The van der Waals surface area contributed by atoms with Gasteiger partial charge in [-0.15, -0.1) is 0 Å². The van der Waals surface area contributed by atoms with Crippen LogP contribution in [0.2, 0.25) is 0 Å². The molecule has 0 saturated carbocycles. The van der Waals surface area contributed by atoms with Gasteiger partial charge in [-0.25, -0.2) is 0 Å². The Morgan fingerprint density at radius 1 is 1.62 bits per heavy atom. The second-order valence-corrected chi connectivity index (χ2v) is 3.84. The molecule has 1 aliphatic heterocycles. The van der Waals surface area contributed by atoms with Gasteiger partial charge in [0.15, 0.2) is 0 Å². The summed E-state index contributed by atoms with van der Waals surface area (Å²) in [5, 5.41) is 9.39. The first-order valence-electron chi connectivity index (χ1n) is 4.54. The lowest BCUT2D eigenvalue weighted by molar-refractivity contribution is -0.152. The summed E-state index contributed by atoms with van der Waals surface area (Å²) in [6.45, 7) is 3.31. The molecule has 0 aliphatic carbocycles. The van der Waals surface area contributed by atoms with E-state index in [2.05, 4.69) is 0 Å². The topological polar surface area (TPSA) is 49.8 Å². The summed E-state index contributed by atoms with van der Waals surface area (Å²) >= 11 is 0. The van der Waals surface area contributed by atoms with Crippen LogP contribution in [0, 0.1) is 0 Å². The molecule has 4 heteroatoms. The van der Waals surface area contributed by atoms with E-state index in [0.717, 1.165) is 6.42 Å². The average molecular weight is 187 g/mol. The monoisotopic (exact) mass is 187 g/mol. The van der Waals surface area contributed by atoms with E-state index in [1.165, 1.54) is 0 Å². The Hall–Kier alpha value is -0.610. The number of carbonyl (C=O) groups is 1. The maximum Gasteiger partial charge on any atom is 0.222 e. The van der Waals surface area contributed by atoms with Gasteiger partial charge in [0.25, 0.3) is 0 Å². The van der Waals surface area contributed by atoms with Crippen molar-refractivity contribution in [1.82, 2.24) is 4.90 Å². The minimum Gasteiger partial charge on any atom is -0.386 e. The van der Waals surface area contributed by atoms with Crippen molar-refractivity contribution < 1.29 is 14.6 Å². The van der Waals surface area contributed by atoms with Crippen molar-refractivity contribution in [3.63, 3.8) is 0 Å². The first-order valence-corrected chi connectivity index (χ1v) is 4.54. The first-order chi connectivity index (χ1) is 6.05. The SMILES string of the molecule is COCCCC(=O)N1CC(C)(O)C1. The van der Waals surface area contributed by atoms with Crippen molar-refractivity contribution in [2.75, 3.05) is 26.8 Å². The lowest BCUT2D eigenvalue weighted by atomic mass is 9.96. The lowest BCUT2D eigenvalue weighted by Gasteiger charge is -2.44. The molecule has 1 saturated heterocycles. The molecule has 1 aliphatic rings. The summed E-state index contributed by atoms with van der Waals surface area (Å²) in [5.74, 6) is 0.114. The molecule has 0 atom stereocenters. The van der Waals surface area contributed by atoms with E-state index in [4.69, 9.17) is 4.74 Å². The standard InChI is InChI=1S/C9H17NO3/c1-9(12)6-10(7-9)8(11)4-3-5-13-2/h12H,3-7H2,1-2H3. The van der Waals surface area contributed by atoms with Crippen LogP contribution in [-0.4, -0.2) is 48.3 Å². The summed E-state index contributed by atoms with van der Waals surface area (Å²) in [5.41, 5.74) is -0.656. The largest absolute Gasteiger partial charge is 0.386 e. The molecule has 0 aromatic rings. The smallest absolute Gasteiger partial charge is 0.222 e. The molecule has 1 amide bonds. The van der Waals surface area contributed by atoms with Gasteiger partial charge < -0.3 is 14.7 Å². The van der Waals surface area contributed by atoms with Gasteiger partial charge in [0.1, 0.15) is 0 Å². The van der Waals surface area contributed by atoms with Crippen LogP contribution in [0.3, 0.4) is 0 Å². The van der Waals surface area contributed by atoms with Gasteiger partial charge in [0.05, 0.1) is 18.7 Å². The zero-order valence-electron chi connectivity index (χ0n) is 8.25. The maximum atomic E-state index is 11.3. The molecular formula is C9H17NO3. The van der Waals surface area contributed by atoms with Crippen LogP contribution < -0.4 is 0 Å². The molecule has 1 heterocycles. The van der Waals surface area contributed by atoms with Crippen LogP contribution in [0.5, 0.6) is 0 Å². The normalized spacial score (nSPS) is 19.8. The molecule has 0 radical (unpaired) electrons. The van der Waals surface area contributed by atoms with E-state index >= 15 is 0 Å². The molecule has 13 heavy (non-hydrogen) atoms. The minimum atomic E-state index is -0.656. The average Bonchev–Trinajstić information content (AvgIpc) is 2.00. The van der Waals surface area contributed by atoms with Gasteiger partial charge in [-0.2, -0.15) is 0 Å².